The van der Waals surface area contributed by atoms with Gasteiger partial charge in [-0.3, -0.25) is 0 Å². The van der Waals surface area contributed by atoms with Gasteiger partial charge in [0.25, 0.3) is 0 Å². The number of hydrogen-bond acceptors (Lipinski definition) is 1. The molecule has 1 aromatic heterocycles. The van der Waals surface area contributed by atoms with E-state index in [0.29, 0.717) is 0 Å². The van der Waals surface area contributed by atoms with Gasteiger partial charge < -0.3 is 4.34 Å². The fourth-order valence-corrected chi connectivity index (χ4v) is 1.18. The molecule has 2 nitrogen and oxygen atoms in total. The first-order valence-corrected chi connectivity index (χ1v) is 3.91. The van der Waals surface area contributed by atoms with Crippen molar-refractivity contribution < 1.29 is 0 Å². The first kappa shape index (κ1) is 6.50. The first-order valence-electron chi connectivity index (χ1n) is 2.76. The third-order valence-corrected chi connectivity index (χ3v) is 2.02. The minimum Gasteiger partial charge on any atom is -0.319 e. The van der Waals surface area contributed by atoms with Gasteiger partial charge in [0.2, 0.25) is 0 Å². The number of rotatable bonds is 3. The molecule has 0 aliphatic rings. The van der Waals surface area contributed by atoms with E-state index in [1.807, 2.05) is 18.6 Å². The van der Waals surface area contributed by atoms with Crippen molar-refractivity contribution in [3.8, 4) is 0 Å². The molecule has 1 atom stereocenters. The molecular weight excluding hydrogens is 131 g/mol. The maximum absolute atomic E-state index is 3.91. The molecule has 0 saturated carbocycles. The monoisotopic (exact) mass is 140 g/mol. The Hall–Kier alpha value is -0.620. The largest absolute Gasteiger partial charge is 0.319 e. The smallest absolute Gasteiger partial charge is 0.0977 e. The van der Waals surface area contributed by atoms with Gasteiger partial charge in [0.1, 0.15) is 0 Å². The molecule has 0 aliphatic heterocycles. The Morgan fingerprint density at radius 2 is 2.67 bits per heavy atom. The van der Waals surface area contributed by atoms with Crippen LogP contribution in [0.1, 0.15) is 0 Å². The standard InChI is InChI=1S/C6H9N2P/c1-2-5-9-8-4-3-7-6-8/h2-4,6,9H,1,5H2. The average Bonchev–Trinajstić information content (AvgIpc) is 2.34. The van der Waals surface area contributed by atoms with Gasteiger partial charge in [-0.25, -0.2) is 4.98 Å². The Morgan fingerprint density at radius 3 is 3.22 bits per heavy atom. The highest BCUT2D eigenvalue weighted by Crippen LogP contribution is 2.11. The van der Waals surface area contributed by atoms with Gasteiger partial charge in [-0.2, -0.15) is 0 Å². The molecule has 0 N–H and O–H groups in total. The fourth-order valence-electron chi connectivity index (χ4n) is 0.523. The van der Waals surface area contributed by atoms with E-state index in [-0.39, 0.29) is 0 Å². The summed E-state index contributed by atoms with van der Waals surface area (Å²) in [7, 11) is 0.765. The van der Waals surface area contributed by atoms with Gasteiger partial charge in [-0.15, -0.1) is 6.58 Å². The summed E-state index contributed by atoms with van der Waals surface area (Å²) in [4.78, 5) is 3.91. The highest BCUT2D eigenvalue weighted by molar-refractivity contribution is 7.36. The van der Waals surface area contributed by atoms with Gasteiger partial charge in [-0.05, 0) is 8.73 Å². The van der Waals surface area contributed by atoms with Crippen molar-refractivity contribution in [3.05, 3.63) is 31.4 Å². The van der Waals surface area contributed by atoms with Crippen LogP contribution in [-0.4, -0.2) is 15.5 Å². The van der Waals surface area contributed by atoms with Crippen molar-refractivity contribution in [2.24, 2.45) is 0 Å². The zero-order valence-electron chi connectivity index (χ0n) is 5.12. The van der Waals surface area contributed by atoms with Crippen molar-refractivity contribution in [1.29, 1.82) is 0 Å². The van der Waals surface area contributed by atoms with Crippen LogP contribution in [0.25, 0.3) is 0 Å². The Labute approximate surface area is 56.4 Å². The summed E-state index contributed by atoms with van der Waals surface area (Å²) in [5, 5.41) is 0. The lowest BCUT2D eigenvalue weighted by Gasteiger charge is -1.94. The topological polar surface area (TPSA) is 17.8 Å². The van der Waals surface area contributed by atoms with Gasteiger partial charge in [0.05, 0.1) is 6.33 Å². The van der Waals surface area contributed by atoms with Crippen LogP contribution in [0.15, 0.2) is 31.4 Å². The molecule has 1 unspecified atom stereocenters. The second kappa shape index (κ2) is 3.41. The Kier molecular flexibility index (Phi) is 2.47. The van der Waals surface area contributed by atoms with E-state index < -0.39 is 0 Å². The van der Waals surface area contributed by atoms with E-state index in [1.165, 1.54) is 0 Å². The minimum atomic E-state index is 0.765. The predicted octanol–water partition coefficient (Wildman–Crippen LogP) is 1.51. The molecule has 48 valence electrons. The maximum atomic E-state index is 3.91. The lowest BCUT2D eigenvalue weighted by molar-refractivity contribution is 1.22. The van der Waals surface area contributed by atoms with Crippen LogP contribution in [0.3, 0.4) is 0 Å². The third kappa shape index (κ3) is 1.98. The van der Waals surface area contributed by atoms with Crippen molar-refractivity contribution in [3.63, 3.8) is 0 Å². The molecule has 0 bridgehead atoms. The highest BCUT2D eigenvalue weighted by atomic mass is 31.1. The van der Waals surface area contributed by atoms with E-state index in [4.69, 9.17) is 0 Å². The molecule has 1 rings (SSSR count). The fraction of sp³-hybridized carbons (Fsp3) is 0.167. The van der Waals surface area contributed by atoms with Gasteiger partial charge in [0, 0.05) is 18.6 Å². The second-order valence-corrected chi connectivity index (χ2v) is 2.86. The molecule has 0 saturated heterocycles. The van der Waals surface area contributed by atoms with E-state index in [1.54, 1.807) is 6.20 Å². The van der Waals surface area contributed by atoms with Gasteiger partial charge in [-0.1, -0.05) is 6.08 Å². The summed E-state index contributed by atoms with van der Waals surface area (Å²) in [5.74, 6) is 0. The molecule has 0 aromatic carbocycles. The van der Waals surface area contributed by atoms with Crippen molar-refractivity contribution in [2.75, 3.05) is 6.16 Å². The lowest BCUT2D eigenvalue weighted by atomic mass is 10.8. The van der Waals surface area contributed by atoms with Crippen molar-refractivity contribution >= 4 is 8.73 Å². The third-order valence-electron chi connectivity index (χ3n) is 0.923. The first-order chi connectivity index (χ1) is 4.43. The minimum absolute atomic E-state index is 0.765. The molecule has 0 aliphatic carbocycles. The van der Waals surface area contributed by atoms with Gasteiger partial charge in [0.15, 0.2) is 0 Å². The Balaban J connectivity index is 2.38. The number of nitrogens with zero attached hydrogens (tertiary/aromatic N) is 2. The molecule has 0 fully saturated rings. The normalized spacial score (nSPS) is 10.7. The number of allylic oxidation sites excluding steroid dienone is 1. The molecule has 1 heterocycles. The van der Waals surface area contributed by atoms with Crippen LogP contribution in [-0.2, 0) is 0 Å². The number of hydrogen-bond donors (Lipinski definition) is 0. The summed E-state index contributed by atoms with van der Waals surface area (Å²) in [5.41, 5.74) is 0. The quantitative estimate of drug-likeness (QED) is 0.459. The molecule has 3 heteroatoms. The number of aromatic nitrogens is 2. The predicted molar refractivity (Wildman–Crippen MR) is 41.0 cm³/mol. The van der Waals surface area contributed by atoms with Crippen molar-refractivity contribution in [1.82, 2.24) is 9.32 Å². The average molecular weight is 140 g/mol. The zero-order chi connectivity index (χ0) is 6.53. The van der Waals surface area contributed by atoms with Crippen LogP contribution in [0, 0.1) is 0 Å². The summed E-state index contributed by atoms with van der Waals surface area (Å²) in [6, 6.07) is 0. The Morgan fingerprint density at radius 1 is 1.78 bits per heavy atom. The van der Waals surface area contributed by atoms with Crippen LogP contribution in [0.4, 0.5) is 0 Å². The molecule has 0 amide bonds. The van der Waals surface area contributed by atoms with Crippen LogP contribution >= 0.6 is 8.73 Å². The zero-order valence-corrected chi connectivity index (χ0v) is 6.12. The summed E-state index contributed by atoms with van der Waals surface area (Å²) in [6.45, 7) is 3.63. The van der Waals surface area contributed by atoms with Crippen molar-refractivity contribution in [2.45, 2.75) is 0 Å². The Bertz CT molecular complexity index is 169. The van der Waals surface area contributed by atoms with E-state index in [9.17, 15) is 0 Å². The van der Waals surface area contributed by atoms with E-state index >= 15 is 0 Å². The number of imidazole rings is 1. The molecule has 0 radical (unpaired) electrons. The summed E-state index contributed by atoms with van der Waals surface area (Å²) >= 11 is 0. The lowest BCUT2D eigenvalue weighted by Crippen LogP contribution is -1.76. The highest BCUT2D eigenvalue weighted by Gasteiger charge is 1.83. The molecular formula is C6H9N2P. The summed E-state index contributed by atoms with van der Waals surface area (Å²) < 4.78 is 2.06. The SMILES string of the molecule is C=CCPn1ccnc1. The van der Waals surface area contributed by atoms with Crippen LogP contribution in [0.5, 0.6) is 0 Å². The molecule has 1 aromatic rings. The van der Waals surface area contributed by atoms with E-state index in [0.717, 1.165) is 14.9 Å². The maximum Gasteiger partial charge on any atom is 0.0977 e. The molecule has 0 spiro atoms. The van der Waals surface area contributed by atoms with E-state index in [2.05, 4.69) is 15.9 Å². The molecule has 9 heavy (non-hydrogen) atoms. The van der Waals surface area contributed by atoms with Gasteiger partial charge >= 0.3 is 0 Å². The van der Waals surface area contributed by atoms with Crippen LogP contribution < -0.4 is 0 Å². The summed E-state index contributed by atoms with van der Waals surface area (Å²) in [6.07, 6.45) is 8.52. The van der Waals surface area contributed by atoms with Crippen LogP contribution in [0.2, 0.25) is 0 Å². The second-order valence-electron chi connectivity index (χ2n) is 1.62.